The number of hydrogen-bond donors (Lipinski definition) is 3. The molecule has 0 aromatic carbocycles. The number of aliphatic hydroxyl groups is 1. The van der Waals surface area contributed by atoms with Gasteiger partial charge >= 0.3 is 19.8 Å². The van der Waals surface area contributed by atoms with Crippen LogP contribution in [0.2, 0.25) is 0 Å². The lowest BCUT2D eigenvalue weighted by Crippen LogP contribution is -2.29. The molecule has 0 aliphatic rings. The van der Waals surface area contributed by atoms with Gasteiger partial charge in [-0.05, 0) is 19.8 Å². The van der Waals surface area contributed by atoms with Crippen LogP contribution in [0.4, 0.5) is 0 Å². The van der Waals surface area contributed by atoms with Crippen molar-refractivity contribution in [2.45, 2.75) is 181 Å². The van der Waals surface area contributed by atoms with Crippen molar-refractivity contribution in [1.29, 1.82) is 0 Å². The number of carbonyl (C=O) groups is 2. The van der Waals surface area contributed by atoms with Crippen LogP contribution in [-0.4, -0.2) is 52.8 Å². The van der Waals surface area contributed by atoms with E-state index in [4.69, 9.17) is 24.4 Å². The number of rotatable bonds is 30. The first-order valence-electron chi connectivity index (χ1n) is 17.4. The highest BCUT2D eigenvalue weighted by Crippen LogP contribution is 2.36. The predicted octanol–water partition coefficient (Wildman–Crippen LogP) is 8.95. The van der Waals surface area contributed by atoms with E-state index in [9.17, 15) is 14.2 Å². The maximum absolute atomic E-state index is 12.3. The minimum atomic E-state index is -4.73. The van der Waals surface area contributed by atoms with Crippen molar-refractivity contribution in [2.75, 3.05) is 19.8 Å². The van der Waals surface area contributed by atoms with Gasteiger partial charge in [0.05, 0.1) is 6.61 Å². The molecule has 0 aliphatic heterocycles. The Morgan fingerprint density at radius 1 is 0.558 bits per heavy atom. The third kappa shape index (κ3) is 39.0. The van der Waals surface area contributed by atoms with Crippen LogP contribution < -0.4 is 0 Å². The van der Waals surface area contributed by atoms with Gasteiger partial charge in [0.1, 0.15) is 6.61 Å². The molecule has 0 aromatic heterocycles. The van der Waals surface area contributed by atoms with E-state index in [0.29, 0.717) is 6.42 Å². The molecular formula is C33H67O9P. The van der Waals surface area contributed by atoms with Crippen molar-refractivity contribution in [3.05, 3.63) is 0 Å². The van der Waals surface area contributed by atoms with Gasteiger partial charge in [-0.3, -0.25) is 14.1 Å². The van der Waals surface area contributed by atoms with Gasteiger partial charge in [0.2, 0.25) is 0 Å². The lowest BCUT2D eigenvalue weighted by molar-refractivity contribution is -0.161. The van der Waals surface area contributed by atoms with Gasteiger partial charge < -0.3 is 24.4 Å². The molecule has 9 nitrogen and oxygen atoms in total. The second-order valence-corrected chi connectivity index (χ2v) is 12.7. The first-order chi connectivity index (χ1) is 20.7. The molecule has 0 bridgehead atoms. The minimum absolute atomic E-state index is 0.218. The van der Waals surface area contributed by atoms with Gasteiger partial charge in [-0.15, -0.1) is 0 Å². The number of esters is 2. The Morgan fingerprint density at radius 2 is 0.884 bits per heavy atom. The summed E-state index contributed by atoms with van der Waals surface area (Å²) in [5.41, 5.74) is 0. The zero-order valence-corrected chi connectivity index (χ0v) is 28.8. The van der Waals surface area contributed by atoms with Gasteiger partial charge in [-0.1, -0.05) is 142 Å². The molecule has 0 aromatic rings. The monoisotopic (exact) mass is 638 g/mol. The summed E-state index contributed by atoms with van der Waals surface area (Å²) in [6, 6.07) is 0. The molecule has 0 aliphatic carbocycles. The molecule has 0 rings (SSSR count). The number of unbranched alkanes of at least 4 members (excludes halogenated alkanes) is 20. The van der Waals surface area contributed by atoms with Gasteiger partial charge in [-0.25, -0.2) is 4.57 Å². The van der Waals surface area contributed by atoms with Crippen LogP contribution in [0.1, 0.15) is 175 Å². The van der Waals surface area contributed by atoms with E-state index < -0.39 is 32.5 Å². The molecular weight excluding hydrogens is 571 g/mol. The summed E-state index contributed by atoms with van der Waals surface area (Å²) in [6.07, 6.45) is 25.4. The zero-order chi connectivity index (χ0) is 32.4. The molecule has 43 heavy (non-hydrogen) atoms. The maximum Gasteiger partial charge on any atom is 0.469 e. The first-order valence-corrected chi connectivity index (χ1v) is 18.9. The SMILES string of the molecule is CCCCCCCCCCCCCC(=O)OCC(COP(=O)(O)O)OC(=O)CCCCCCCCCCCCC.CCO. The Balaban J connectivity index is 0. The molecule has 0 saturated carbocycles. The van der Waals surface area contributed by atoms with E-state index in [-0.39, 0.29) is 26.1 Å². The summed E-state index contributed by atoms with van der Waals surface area (Å²) in [6.45, 7) is 5.58. The molecule has 0 heterocycles. The largest absolute Gasteiger partial charge is 0.469 e. The first kappa shape index (κ1) is 44.1. The van der Waals surface area contributed by atoms with Crippen LogP contribution in [0.15, 0.2) is 0 Å². The summed E-state index contributed by atoms with van der Waals surface area (Å²) < 4.78 is 26.1. The van der Waals surface area contributed by atoms with Crippen molar-refractivity contribution in [3.63, 3.8) is 0 Å². The van der Waals surface area contributed by atoms with Crippen LogP contribution in [0.3, 0.4) is 0 Å². The second kappa shape index (κ2) is 33.9. The van der Waals surface area contributed by atoms with Crippen LogP contribution >= 0.6 is 7.82 Å². The van der Waals surface area contributed by atoms with E-state index >= 15 is 0 Å². The number of hydrogen-bond acceptors (Lipinski definition) is 7. The van der Waals surface area contributed by atoms with Crippen LogP contribution in [0.25, 0.3) is 0 Å². The van der Waals surface area contributed by atoms with Crippen LogP contribution in [0, 0.1) is 0 Å². The maximum atomic E-state index is 12.3. The van der Waals surface area contributed by atoms with Gasteiger partial charge in [-0.2, -0.15) is 0 Å². The topological polar surface area (TPSA) is 140 Å². The molecule has 0 spiro atoms. The second-order valence-electron chi connectivity index (χ2n) is 11.5. The van der Waals surface area contributed by atoms with E-state index in [1.165, 1.54) is 96.3 Å². The Morgan fingerprint density at radius 3 is 1.23 bits per heavy atom. The van der Waals surface area contributed by atoms with Crippen molar-refractivity contribution in [3.8, 4) is 0 Å². The molecule has 1 unspecified atom stereocenters. The highest BCUT2D eigenvalue weighted by atomic mass is 31.2. The number of ether oxygens (including phenoxy) is 2. The molecule has 0 saturated heterocycles. The minimum Gasteiger partial charge on any atom is -0.462 e. The smallest absolute Gasteiger partial charge is 0.462 e. The summed E-state index contributed by atoms with van der Waals surface area (Å²) in [5.74, 6) is -0.879. The fourth-order valence-corrected chi connectivity index (χ4v) is 5.03. The van der Waals surface area contributed by atoms with Gasteiger partial charge in [0.25, 0.3) is 0 Å². The number of carbonyl (C=O) groups excluding carboxylic acids is 2. The third-order valence-electron chi connectivity index (χ3n) is 7.13. The third-order valence-corrected chi connectivity index (χ3v) is 7.61. The average Bonchev–Trinajstić information content (AvgIpc) is 2.96. The summed E-state index contributed by atoms with van der Waals surface area (Å²) >= 11 is 0. The fourth-order valence-electron chi connectivity index (χ4n) is 4.67. The predicted molar refractivity (Wildman–Crippen MR) is 174 cm³/mol. The molecule has 0 fully saturated rings. The Hall–Kier alpha value is -0.990. The van der Waals surface area contributed by atoms with Gasteiger partial charge in [0.15, 0.2) is 6.10 Å². The molecule has 10 heteroatoms. The quantitative estimate of drug-likeness (QED) is 0.0399. The molecule has 0 amide bonds. The number of aliphatic hydroxyl groups excluding tert-OH is 1. The van der Waals surface area contributed by atoms with E-state index in [0.717, 1.165) is 38.5 Å². The molecule has 0 radical (unpaired) electrons. The Bertz CT molecular complexity index is 654. The normalized spacial score (nSPS) is 12.0. The van der Waals surface area contributed by atoms with Crippen molar-refractivity contribution in [1.82, 2.24) is 0 Å². The van der Waals surface area contributed by atoms with Crippen molar-refractivity contribution < 1.29 is 43.0 Å². The Kier molecular flexibility index (Phi) is 34.8. The highest BCUT2D eigenvalue weighted by molar-refractivity contribution is 7.46. The van der Waals surface area contributed by atoms with E-state index in [2.05, 4.69) is 18.4 Å². The van der Waals surface area contributed by atoms with E-state index in [1.807, 2.05) is 0 Å². The Labute approximate surface area is 263 Å². The zero-order valence-electron chi connectivity index (χ0n) is 27.9. The average molecular weight is 639 g/mol. The lowest BCUT2D eigenvalue weighted by atomic mass is 10.1. The molecule has 1 atom stereocenters. The number of phosphoric acid groups is 1. The fraction of sp³-hybridized carbons (Fsp3) is 0.939. The molecule has 258 valence electrons. The molecule has 3 N–H and O–H groups in total. The standard InChI is InChI=1S/C31H61O8P.C2H6O/c1-3-5-7-9-11-13-15-17-19-21-23-25-30(32)37-27-29(28-38-40(34,35)36)39-31(33)26-24-22-20-18-16-14-12-10-8-6-4-2;1-2-3/h29H,3-28H2,1-2H3,(H2,34,35,36);3H,2H2,1H3. The summed E-state index contributed by atoms with van der Waals surface area (Å²) in [5, 5.41) is 7.57. The van der Waals surface area contributed by atoms with Crippen LogP contribution in [-0.2, 0) is 28.2 Å². The summed E-state index contributed by atoms with van der Waals surface area (Å²) in [4.78, 5) is 42.4. The lowest BCUT2D eigenvalue weighted by Gasteiger charge is -2.18. The highest BCUT2D eigenvalue weighted by Gasteiger charge is 2.22. The van der Waals surface area contributed by atoms with Crippen molar-refractivity contribution in [2.24, 2.45) is 0 Å². The van der Waals surface area contributed by atoms with E-state index in [1.54, 1.807) is 6.92 Å². The van der Waals surface area contributed by atoms with Crippen molar-refractivity contribution >= 4 is 19.8 Å². The summed E-state index contributed by atoms with van der Waals surface area (Å²) in [7, 11) is -4.73. The van der Waals surface area contributed by atoms with Crippen LogP contribution in [0.5, 0.6) is 0 Å². The number of phosphoric ester groups is 1. The van der Waals surface area contributed by atoms with Gasteiger partial charge in [0, 0.05) is 19.4 Å².